The van der Waals surface area contributed by atoms with Crippen LogP contribution in [0.4, 0.5) is 0 Å². The molecule has 2 aromatic carbocycles. The summed E-state index contributed by atoms with van der Waals surface area (Å²) in [6.45, 7) is 0.126. The van der Waals surface area contributed by atoms with E-state index in [4.69, 9.17) is 9.47 Å². The molecule has 23 heavy (non-hydrogen) atoms. The van der Waals surface area contributed by atoms with Crippen molar-refractivity contribution in [3.8, 4) is 11.5 Å². The molecule has 0 saturated heterocycles. The third-order valence-electron chi connectivity index (χ3n) is 3.21. The van der Waals surface area contributed by atoms with Gasteiger partial charge in [-0.1, -0.05) is 24.3 Å². The zero-order valence-corrected chi connectivity index (χ0v) is 11.9. The maximum Gasteiger partial charge on any atom is 0.255 e. The Hall–Kier alpha value is -3.28. The van der Waals surface area contributed by atoms with Crippen LogP contribution in [-0.2, 0) is 4.79 Å². The van der Waals surface area contributed by atoms with E-state index < -0.39 is 11.9 Å². The first-order chi connectivity index (χ1) is 11.1. The summed E-state index contributed by atoms with van der Waals surface area (Å²) in [4.78, 5) is 23.3. The van der Waals surface area contributed by atoms with E-state index in [1.807, 2.05) is 0 Å². The zero-order chi connectivity index (χ0) is 16.2. The number of fused-ring (bicyclic) bond motifs is 1. The highest BCUT2D eigenvalue weighted by Gasteiger charge is 2.13. The van der Waals surface area contributed by atoms with Crippen molar-refractivity contribution in [2.24, 2.45) is 0 Å². The number of nitrogens with one attached hydrogen (secondary N) is 1. The number of benzene rings is 2. The Morgan fingerprint density at radius 2 is 1.78 bits per heavy atom. The molecule has 1 aliphatic heterocycles. The first-order valence-electron chi connectivity index (χ1n) is 6.82. The van der Waals surface area contributed by atoms with Crippen LogP contribution in [0.2, 0.25) is 0 Å². The largest absolute Gasteiger partial charge is 0.543 e. The van der Waals surface area contributed by atoms with Gasteiger partial charge in [-0.15, -0.1) is 0 Å². The molecule has 0 bridgehead atoms. The third kappa shape index (κ3) is 3.32. The summed E-state index contributed by atoms with van der Waals surface area (Å²) >= 11 is 0. The third-order valence-corrected chi connectivity index (χ3v) is 3.21. The molecule has 0 spiro atoms. The fourth-order valence-corrected chi connectivity index (χ4v) is 2.10. The van der Waals surface area contributed by atoms with Crippen molar-refractivity contribution in [2.45, 2.75) is 0 Å². The molecule has 0 radical (unpaired) electrons. The van der Waals surface area contributed by atoms with Gasteiger partial charge in [0.05, 0.1) is 11.7 Å². The molecule has 0 atom stereocenters. The maximum atomic E-state index is 12.0. The molecule has 1 heterocycles. The van der Waals surface area contributed by atoms with Crippen LogP contribution in [0, 0.1) is 0 Å². The predicted octanol–water partition coefficient (Wildman–Crippen LogP) is 0.936. The van der Waals surface area contributed by atoms with Crippen LogP contribution in [0.1, 0.15) is 15.9 Å². The second kappa shape index (κ2) is 6.23. The number of amides is 1. The number of rotatable bonds is 4. The number of carbonyl (C=O) groups is 2. The molecule has 0 saturated carbocycles. The second-order valence-electron chi connectivity index (χ2n) is 4.78. The van der Waals surface area contributed by atoms with Gasteiger partial charge in [0.2, 0.25) is 6.79 Å². The SMILES string of the molecule is O=C([O-])/C(=C\c1ccc2c(c1)OCO2)NC(=O)c1ccccc1. The number of carbonyl (C=O) groups excluding carboxylic acids is 2. The highest BCUT2D eigenvalue weighted by atomic mass is 16.7. The molecule has 0 aromatic heterocycles. The van der Waals surface area contributed by atoms with Crippen LogP contribution in [0.15, 0.2) is 54.2 Å². The van der Waals surface area contributed by atoms with Crippen LogP contribution in [-0.4, -0.2) is 18.7 Å². The molecule has 6 heteroatoms. The van der Waals surface area contributed by atoms with Crippen molar-refractivity contribution in [1.29, 1.82) is 0 Å². The van der Waals surface area contributed by atoms with Crippen molar-refractivity contribution < 1.29 is 24.2 Å². The molecule has 0 aliphatic carbocycles. The van der Waals surface area contributed by atoms with Crippen molar-refractivity contribution >= 4 is 18.0 Å². The van der Waals surface area contributed by atoms with Crippen LogP contribution >= 0.6 is 0 Å². The summed E-state index contributed by atoms with van der Waals surface area (Å²) in [5.41, 5.74) is 0.560. The Kier molecular flexibility index (Phi) is 3.97. The van der Waals surface area contributed by atoms with Crippen LogP contribution in [0.25, 0.3) is 6.08 Å². The smallest absolute Gasteiger partial charge is 0.255 e. The lowest BCUT2D eigenvalue weighted by atomic mass is 10.1. The number of hydrogen-bond acceptors (Lipinski definition) is 5. The summed E-state index contributed by atoms with van der Waals surface area (Å²) in [5, 5.41) is 13.6. The van der Waals surface area contributed by atoms with Crippen molar-refractivity contribution in [3.63, 3.8) is 0 Å². The van der Waals surface area contributed by atoms with Crippen LogP contribution in [0.3, 0.4) is 0 Å². The van der Waals surface area contributed by atoms with E-state index in [1.165, 1.54) is 6.08 Å². The van der Waals surface area contributed by atoms with Gasteiger partial charge < -0.3 is 24.7 Å². The lowest BCUT2D eigenvalue weighted by molar-refractivity contribution is -0.299. The highest BCUT2D eigenvalue weighted by molar-refractivity contribution is 6.02. The Balaban J connectivity index is 1.84. The standard InChI is InChI=1S/C17H13NO5/c19-16(12-4-2-1-3-5-12)18-13(17(20)21)8-11-6-7-14-15(9-11)23-10-22-14/h1-9H,10H2,(H,18,19)(H,20,21)/p-1/b13-8+. The number of aliphatic carboxylic acids is 1. The summed E-state index contributed by atoms with van der Waals surface area (Å²) in [6, 6.07) is 13.3. The summed E-state index contributed by atoms with van der Waals surface area (Å²) < 4.78 is 10.4. The number of ether oxygens (including phenoxy) is 2. The molecule has 6 nitrogen and oxygen atoms in total. The van der Waals surface area contributed by atoms with Gasteiger partial charge in [0.1, 0.15) is 0 Å². The van der Waals surface area contributed by atoms with Gasteiger partial charge >= 0.3 is 0 Å². The number of carboxylic acids is 1. The van der Waals surface area contributed by atoms with Crippen molar-refractivity contribution in [2.75, 3.05) is 6.79 Å². The first-order valence-corrected chi connectivity index (χ1v) is 6.82. The predicted molar refractivity (Wildman–Crippen MR) is 79.5 cm³/mol. The monoisotopic (exact) mass is 310 g/mol. The molecule has 0 fully saturated rings. The molecule has 1 amide bonds. The molecule has 0 unspecified atom stereocenters. The fourth-order valence-electron chi connectivity index (χ4n) is 2.10. The fraction of sp³-hybridized carbons (Fsp3) is 0.0588. The highest BCUT2D eigenvalue weighted by Crippen LogP contribution is 2.32. The number of hydrogen-bond donors (Lipinski definition) is 1. The minimum atomic E-state index is -1.48. The number of carboxylic acid groups (broad SMARTS) is 1. The molecule has 1 aliphatic rings. The molecule has 2 aromatic rings. The lowest BCUT2D eigenvalue weighted by Crippen LogP contribution is -2.35. The first kappa shape index (κ1) is 14.6. The van der Waals surface area contributed by atoms with Gasteiger partial charge in [-0.2, -0.15) is 0 Å². The van der Waals surface area contributed by atoms with Gasteiger partial charge in [-0.05, 0) is 35.9 Å². The van der Waals surface area contributed by atoms with E-state index >= 15 is 0 Å². The Morgan fingerprint density at radius 3 is 2.52 bits per heavy atom. The van der Waals surface area contributed by atoms with E-state index in [0.29, 0.717) is 22.6 Å². The molecular weight excluding hydrogens is 298 g/mol. The second-order valence-corrected chi connectivity index (χ2v) is 4.78. The van der Waals surface area contributed by atoms with E-state index in [0.717, 1.165) is 0 Å². The lowest BCUT2D eigenvalue weighted by Gasteiger charge is -2.11. The van der Waals surface area contributed by atoms with Crippen molar-refractivity contribution in [1.82, 2.24) is 5.32 Å². The van der Waals surface area contributed by atoms with Gasteiger partial charge in [-0.25, -0.2) is 0 Å². The normalized spacial score (nSPS) is 12.8. The van der Waals surface area contributed by atoms with Crippen LogP contribution in [0.5, 0.6) is 11.5 Å². The average Bonchev–Trinajstić information content (AvgIpc) is 3.02. The maximum absolute atomic E-state index is 12.0. The zero-order valence-electron chi connectivity index (χ0n) is 11.9. The molecule has 1 N–H and O–H groups in total. The van der Waals surface area contributed by atoms with Gasteiger partial charge in [0, 0.05) is 5.56 Å². The minimum absolute atomic E-state index is 0.126. The molecule has 3 rings (SSSR count). The minimum Gasteiger partial charge on any atom is -0.543 e. The van der Waals surface area contributed by atoms with Gasteiger partial charge in [-0.3, -0.25) is 4.79 Å². The van der Waals surface area contributed by atoms with Gasteiger partial charge in [0.15, 0.2) is 11.5 Å². The van der Waals surface area contributed by atoms with Crippen molar-refractivity contribution in [3.05, 3.63) is 65.4 Å². The van der Waals surface area contributed by atoms with Gasteiger partial charge in [0.25, 0.3) is 5.91 Å². The molecular formula is C17H12NO5-. The van der Waals surface area contributed by atoms with E-state index in [2.05, 4.69) is 5.32 Å². The quantitative estimate of drug-likeness (QED) is 0.849. The average molecular weight is 310 g/mol. The van der Waals surface area contributed by atoms with E-state index in [1.54, 1.807) is 48.5 Å². The summed E-state index contributed by atoms with van der Waals surface area (Å²) in [7, 11) is 0. The summed E-state index contributed by atoms with van der Waals surface area (Å²) in [5.74, 6) is -0.898. The van der Waals surface area contributed by atoms with E-state index in [-0.39, 0.29) is 12.5 Å². The Morgan fingerprint density at radius 1 is 1.04 bits per heavy atom. The topological polar surface area (TPSA) is 87.7 Å². The summed E-state index contributed by atoms with van der Waals surface area (Å²) in [6.07, 6.45) is 1.30. The van der Waals surface area contributed by atoms with Crippen LogP contribution < -0.4 is 19.9 Å². The Bertz CT molecular complexity index is 783. The van der Waals surface area contributed by atoms with E-state index in [9.17, 15) is 14.7 Å². The Labute approximate surface area is 132 Å². The molecule has 116 valence electrons.